The summed E-state index contributed by atoms with van der Waals surface area (Å²) in [6.45, 7) is 1.17. The number of hydrogen-bond donors (Lipinski definition) is 1. The van der Waals surface area contributed by atoms with E-state index in [1.807, 2.05) is 0 Å². The van der Waals surface area contributed by atoms with Gasteiger partial charge in [-0.2, -0.15) is 0 Å². The summed E-state index contributed by atoms with van der Waals surface area (Å²) in [5.41, 5.74) is 1.55. The van der Waals surface area contributed by atoms with Crippen molar-refractivity contribution in [2.45, 2.75) is 31.7 Å². The molecule has 1 heterocycles. The molecule has 0 radical (unpaired) electrons. The van der Waals surface area contributed by atoms with Gasteiger partial charge in [0.05, 0.1) is 12.8 Å². The molecule has 6 heteroatoms. The number of hydrogen-bond acceptors (Lipinski definition) is 2. The van der Waals surface area contributed by atoms with Gasteiger partial charge in [0.2, 0.25) is 11.8 Å². The van der Waals surface area contributed by atoms with Crippen molar-refractivity contribution in [1.82, 2.24) is 10.2 Å². The Morgan fingerprint density at radius 3 is 1.85 bits per heavy atom. The smallest absolute Gasteiger partial charge is 0.226 e. The average molecular weight is 372 g/mol. The van der Waals surface area contributed by atoms with Crippen molar-refractivity contribution in [3.8, 4) is 0 Å². The lowest BCUT2D eigenvalue weighted by atomic mass is 10.0. The number of benzene rings is 2. The van der Waals surface area contributed by atoms with Crippen LogP contribution in [0.4, 0.5) is 8.78 Å². The number of likely N-dealkylation sites (tertiary alicyclic amines) is 1. The summed E-state index contributed by atoms with van der Waals surface area (Å²) in [7, 11) is 0. The van der Waals surface area contributed by atoms with Gasteiger partial charge in [-0.25, -0.2) is 8.78 Å². The minimum atomic E-state index is -0.322. The number of amides is 2. The molecular weight excluding hydrogens is 350 g/mol. The lowest BCUT2D eigenvalue weighted by Gasteiger charge is -2.32. The Hall–Kier alpha value is -2.76. The number of nitrogens with one attached hydrogen (secondary N) is 1. The zero-order chi connectivity index (χ0) is 19.2. The van der Waals surface area contributed by atoms with E-state index in [2.05, 4.69) is 5.32 Å². The summed E-state index contributed by atoms with van der Waals surface area (Å²) in [6, 6.07) is 11.9. The van der Waals surface area contributed by atoms with Crippen LogP contribution in [-0.2, 0) is 22.4 Å². The molecule has 142 valence electrons. The molecule has 0 spiro atoms. The van der Waals surface area contributed by atoms with Crippen molar-refractivity contribution >= 4 is 11.8 Å². The van der Waals surface area contributed by atoms with Crippen LogP contribution in [0.1, 0.15) is 24.0 Å². The molecule has 1 N–H and O–H groups in total. The van der Waals surface area contributed by atoms with Crippen molar-refractivity contribution < 1.29 is 18.4 Å². The number of carbonyl (C=O) groups is 2. The van der Waals surface area contributed by atoms with Crippen molar-refractivity contribution in [3.63, 3.8) is 0 Å². The molecule has 1 aliphatic heterocycles. The van der Waals surface area contributed by atoms with Gasteiger partial charge in [-0.1, -0.05) is 24.3 Å². The van der Waals surface area contributed by atoms with E-state index in [4.69, 9.17) is 0 Å². The first-order valence-electron chi connectivity index (χ1n) is 9.05. The van der Waals surface area contributed by atoms with Crippen LogP contribution >= 0.6 is 0 Å². The fourth-order valence-corrected chi connectivity index (χ4v) is 3.23. The van der Waals surface area contributed by atoms with E-state index in [1.54, 1.807) is 29.2 Å². The Kier molecular flexibility index (Phi) is 6.16. The maximum absolute atomic E-state index is 12.9. The van der Waals surface area contributed by atoms with E-state index in [0.717, 1.165) is 11.1 Å². The highest BCUT2D eigenvalue weighted by Crippen LogP contribution is 2.13. The molecule has 0 unspecified atom stereocenters. The maximum Gasteiger partial charge on any atom is 0.226 e. The Morgan fingerprint density at radius 2 is 1.33 bits per heavy atom. The monoisotopic (exact) mass is 372 g/mol. The van der Waals surface area contributed by atoms with Gasteiger partial charge in [0, 0.05) is 19.1 Å². The van der Waals surface area contributed by atoms with Crippen LogP contribution in [0.5, 0.6) is 0 Å². The van der Waals surface area contributed by atoms with Gasteiger partial charge < -0.3 is 10.2 Å². The molecule has 2 amide bonds. The average Bonchev–Trinajstić information content (AvgIpc) is 2.66. The molecule has 1 fully saturated rings. The van der Waals surface area contributed by atoms with Crippen molar-refractivity contribution in [1.29, 1.82) is 0 Å². The predicted octanol–water partition coefficient (Wildman–Crippen LogP) is 2.86. The standard InChI is InChI=1S/C21H22F2N2O2/c22-17-5-1-15(2-6-17)13-20(26)24-19-9-11-25(12-10-19)21(27)14-16-3-7-18(23)8-4-16/h1-8,19H,9-14H2,(H,24,26). The SMILES string of the molecule is O=C(Cc1ccc(F)cc1)NC1CCN(C(=O)Cc2ccc(F)cc2)CC1. The minimum absolute atomic E-state index is 0.0118. The van der Waals surface area contributed by atoms with Gasteiger partial charge in [0.1, 0.15) is 11.6 Å². The van der Waals surface area contributed by atoms with E-state index in [-0.39, 0.29) is 42.3 Å². The number of nitrogens with zero attached hydrogens (tertiary/aromatic N) is 1. The first-order chi connectivity index (χ1) is 13.0. The summed E-state index contributed by atoms with van der Waals surface area (Å²) < 4.78 is 25.8. The molecule has 0 saturated carbocycles. The third kappa shape index (κ3) is 5.61. The van der Waals surface area contributed by atoms with Crippen LogP contribution in [0.15, 0.2) is 48.5 Å². The molecule has 4 nitrogen and oxygen atoms in total. The van der Waals surface area contributed by atoms with Gasteiger partial charge in [-0.3, -0.25) is 9.59 Å². The largest absolute Gasteiger partial charge is 0.353 e. The summed E-state index contributed by atoms with van der Waals surface area (Å²) in [5, 5.41) is 2.99. The van der Waals surface area contributed by atoms with E-state index >= 15 is 0 Å². The molecule has 2 aromatic rings. The first-order valence-corrected chi connectivity index (χ1v) is 9.05. The third-order valence-electron chi connectivity index (χ3n) is 4.76. The summed E-state index contributed by atoms with van der Waals surface area (Å²) in [5.74, 6) is -0.726. The number of piperidine rings is 1. The zero-order valence-electron chi connectivity index (χ0n) is 15.0. The fourth-order valence-electron chi connectivity index (χ4n) is 3.23. The van der Waals surface area contributed by atoms with Crippen LogP contribution in [0.25, 0.3) is 0 Å². The van der Waals surface area contributed by atoms with Crippen molar-refractivity contribution in [3.05, 3.63) is 71.3 Å². The van der Waals surface area contributed by atoms with Gasteiger partial charge >= 0.3 is 0 Å². The highest BCUT2D eigenvalue weighted by molar-refractivity contribution is 5.80. The number of rotatable bonds is 5. The molecule has 0 aliphatic carbocycles. The Bertz CT molecular complexity index is 783. The molecule has 3 rings (SSSR count). The highest BCUT2D eigenvalue weighted by Gasteiger charge is 2.23. The molecule has 2 aromatic carbocycles. The van der Waals surface area contributed by atoms with Gasteiger partial charge in [-0.15, -0.1) is 0 Å². The molecule has 0 atom stereocenters. The third-order valence-corrected chi connectivity index (χ3v) is 4.76. The summed E-state index contributed by atoms with van der Waals surface area (Å²) >= 11 is 0. The van der Waals surface area contributed by atoms with E-state index in [0.29, 0.717) is 25.9 Å². The Balaban J connectivity index is 1.42. The van der Waals surface area contributed by atoms with Gasteiger partial charge in [0.15, 0.2) is 0 Å². The lowest BCUT2D eigenvalue weighted by molar-refractivity contribution is -0.131. The molecular formula is C21H22F2N2O2. The second-order valence-electron chi connectivity index (χ2n) is 6.83. The van der Waals surface area contributed by atoms with Crippen LogP contribution in [0.2, 0.25) is 0 Å². The van der Waals surface area contributed by atoms with Gasteiger partial charge in [0.25, 0.3) is 0 Å². The van der Waals surface area contributed by atoms with E-state index in [9.17, 15) is 18.4 Å². The maximum atomic E-state index is 12.9. The molecule has 27 heavy (non-hydrogen) atoms. The molecule has 1 aliphatic rings. The zero-order valence-corrected chi connectivity index (χ0v) is 15.0. The second-order valence-corrected chi connectivity index (χ2v) is 6.83. The minimum Gasteiger partial charge on any atom is -0.353 e. The molecule has 0 bridgehead atoms. The topological polar surface area (TPSA) is 49.4 Å². The van der Waals surface area contributed by atoms with Crippen molar-refractivity contribution in [2.24, 2.45) is 0 Å². The number of carbonyl (C=O) groups excluding carboxylic acids is 2. The van der Waals surface area contributed by atoms with Crippen LogP contribution in [0, 0.1) is 11.6 Å². The second kappa shape index (κ2) is 8.75. The fraction of sp³-hybridized carbons (Fsp3) is 0.333. The predicted molar refractivity (Wildman–Crippen MR) is 98.0 cm³/mol. The summed E-state index contributed by atoms with van der Waals surface area (Å²) in [6.07, 6.45) is 1.86. The van der Waals surface area contributed by atoms with E-state index in [1.165, 1.54) is 24.3 Å². The lowest BCUT2D eigenvalue weighted by Crippen LogP contribution is -2.47. The molecule has 1 saturated heterocycles. The quantitative estimate of drug-likeness (QED) is 0.877. The first kappa shape index (κ1) is 19.0. The number of halogens is 2. The highest BCUT2D eigenvalue weighted by atomic mass is 19.1. The van der Waals surface area contributed by atoms with Crippen LogP contribution in [-0.4, -0.2) is 35.8 Å². The normalized spacial score (nSPS) is 14.8. The Morgan fingerprint density at radius 1 is 0.852 bits per heavy atom. The van der Waals surface area contributed by atoms with E-state index < -0.39 is 0 Å². The molecule has 0 aromatic heterocycles. The Labute approximate surface area is 157 Å². The van der Waals surface area contributed by atoms with Crippen LogP contribution < -0.4 is 5.32 Å². The van der Waals surface area contributed by atoms with Crippen LogP contribution in [0.3, 0.4) is 0 Å². The van der Waals surface area contributed by atoms with Crippen molar-refractivity contribution in [2.75, 3.05) is 13.1 Å². The van der Waals surface area contributed by atoms with Gasteiger partial charge in [-0.05, 0) is 48.2 Å². The summed E-state index contributed by atoms with van der Waals surface area (Å²) in [4.78, 5) is 26.3.